The van der Waals surface area contributed by atoms with Crippen LogP contribution in [0.1, 0.15) is 23.6 Å². The average molecular weight is 442 g/mol. The highest BCUT2D eigenvalue weighted by molar-refractivity contribution is 6.32. The molecule has 0 spiro atoms. The average Bonchev–Trinajstić information content (AvgIpc) is 2.72. The molecular weight excluding hydrogens is 424 g/mol. The van der Waals surface area contributed by atoms with Gasteiger partial charge in [0.25, 0.3) is 0 Å². The van der Waals surface area contributed by atoms with Gasteiger partial charge in [0.05, 0.1) is 23.3 Å². The van der Waals surface area contributed by atoms with E-state index in [1.165, 1.54) is 12.1 Å². The maximum absolute atomic E-state index is 13.4. The third-order valence-electron chi connectivity index (χ3n) is 4.19. The highest BCUT2D eigenvalue weighted by Crippen LogP contribution is 2.38. The second kappa shape index (κ2) is 10.2. The van der Waals surface area contributed by atoms with E-state index in [1.54, 1.807) is 54.6 Å². The van der Waals surface area contributed by atoms with Crippen molar-refractivity contribution in [2.45, 2.75) is 13.5 Å². The molecule has 3 aromatic carbocycles. The lowest BCUT2D eigenvalue weighted by molar-refractivity contribution is 0.269. The van der Waals surface area contributed by atoms with E-state index in [0.717, 1.165) is 5.56 Å². The summed E-state index contributed by atoms with van der Waals surface area (Å²) >= 11 is 12.4. The highest BCUT2D eigenvalue weighted by Gasteiger charge is 2.13. The molecular formula is C24H18Cl2FNO2. The van der Waals surface area contributed by atoms with E-state index in [1.807, 2.05) is 6.92 Å². The molecule has 3 rings (SSSR count). The smallest absolute Gasteiger partial charge is 0.180 e. The Hall–Kier alpha value is -3.00. The molecule has 0 bridgehead atoms. The van der Waals surface area contributed by atoms with Crippen molar-refractivity contribution in [2.75, 3.05) is 6.61 Å². The van der Waals surface area contributed by atoms with Crippen LogP contribution in [0, 0.1) is 17.1 Å². The molecule has 0 fully saturated rings. The summed E-state index contributed by atoms with van der Waals surface area (Å²) in [4.78, 5) is 0. The summed E-state index contributed by atoms with van der Waals surface area (Å²) in [6.07, 6.45) is 1.72. The van der Waals surface area contributed by atoms with Crippen LogP contribution >= 0.6 is 23.2 Å². The molecule has 0 atom stereocenters. The fourth-order valence-electron chi connectivity index (χ4n) is 2.83. The summed E-state index contributed by atoms with van der Waals surface area (Å²) in [6.45, 7) is 2.39. The lowest BCUT2D eigenvalue weighted by Gasteiger charge is -2.15. The van der Waals surface area contributed by atoms with Crippen LogP contribution < -0.4 is 9.47 Å². The van der Waals surface area contributed by atoms with Gasteiger partial charge in [0, 0.05) is 5.02 Å². The molecule has 152 valence electrons. The quantitative estimate of drug-likeness (QED) is 0.288. The van der Waals surface area contributed by atoms with Crippen molar-refractivity contribution < 1.29 is 13.9 Å². The lowest BCUT2D eigenvalue weighted by atomic mass is 10.0. The minimum absolute atomic E-state index is 0.140. The summed E-state index contributed by atoms with van der Waals surface area (Å²) in [5.41, 5.74) is 2.56. The number of hydrogen-bond acceptors (Lipinski definition) is 3. The Morgan fingerprint density at radius 2 is 1.83 bits per heavy atom. The second-order valence-corrected chi connectivity index (χ2v) is 7.20. The number of halogens is 3. The van der Waals surface area contributed by atoms with Crippen molar-refractivity contribution in [3.63, 3.8) is 0 Å². The van der Waals surface area contributed by atoms with Crippen molar-refractivity contribution in [2.24, 2.45) is 0 Å². The number of benzene rings is 3. The van der Waals surface area contributed by atoms with Crippen LogP contribution in [-0.4, -0.2) is 6.61 Å². The van der Waals surface area contributed by atoms with Crippen molar-refractivity contribution in [3.05, 3.63) is 93.2 Å². The number of ether oxygens (including phenoxy) is 2. The molecule has 0 aliphatic rings. The topological polar surface area (TPSA) is 42.2 Å². The molecule has 0 aromatic heterocycles. The van der Waals surface area contributed by atoms with Crippen LogP contribution in [0.3, 0.4) is 0 Å². The predicted octanol–water partition coefficient (Wildman–Crippen LogP) is 7.17. The first kappa shape index (κ1) is 21.7. The Labute approximate surface area is 184 Å². The van der Waals surface area contributed by atoms with Crippen LogP contribution in [0.25, 0.3) is 11.6 Å². The van der Waals surface area contributed by atoms with Crippen LogP contribution in [0.4, 0.5) is 4.39 Å². The molecule has 0 N–H and O–H groups in total. The van der Waals surface area contributed by atoms with Gasteiger partial charge in [0.2, 0.25) is 0 Å². The molecule has 0 radical (unpaired) electrons. The molecule has 3 aromatic rings. The van der Waals surface area contributed by atoms with Gasteiger partial charge in [-0.15, -0.1) is 0 Å². The van der Waals surface area contributed by atoms with E-state index >= 15 is 0 Å². The Bertz CT molecular complexity index is 1110. The Kier molecular flexibility index (Phi) is 7.35. The molecule has 30 heavy (non-hydrogen) atoms. The minimum atomic E-state index is -0.334. The van der Waals surface area contributed by atoms with Crippen LogP contribution in [0.5, 0.6) is 11.5 Å². The zero-order chi connectivity index (χ0) is 21.5. The van der Waals surface area contributed by atoms with Crippen LogP contribution in [0.15, 0.2) is 60.7 Å². The normalized spacial score (nSPS) is 11.1. The van der Waals surface area contributed by atoms with Crippen LogP contribution in [0.2, 0.25) is 10.0 Å². The summed E-state index contributed by atoms with van der Waals surface area (Å²) in [5, 5.41) is 10.5. The summed E-state index contributed by atoms with van der Waals surface area (Å²) in [7, 11) is 0. The Morgan fingerprint density at radius 1 is 1.07 bits per heavy atom. The Balaban J connectivity index is 1.92. The predicted molar refractivity (Wildman–Crippen MR) is 118 cm³/mol. The third-order valence-corrected chi connectivity index (χ3v) is 4.72. The van der Waals surface area contributed by atoms with Gasteiger partial charge >= 0.3 is 0 Å². The molecule has 0 amide bonds. The van der Waals surface area contributed by atoms with Gasteiger partial charge < -0.3 is 9.47 Å². The lowest BCUT2D eigenvalue weighted by Crippen LogP contribution is -2.01. The second-order valence-electron chi connectivity index (χ2n) is 6.36. The van der Waals surface area contributed by atoms with E-state index in [2.05, 4.69) is 6.07 Å². The first-order chi connectivity index (χ1) is 14.5. The number of nitrogens with zero attached hydrogens (tertiary/aromatic N) is 1. The van der Waals surface area contributed by atoms with Gasteiger partial charge in [-0.05, 0) is 66.1 Å². The number of rotatable bonds is 7. The Morgan fingerprint density at radius 3 is 2.50 bits per heavy atom. The largest absolute Gasteiger partial charge is 0.490 e. The van der Waals surface area contributed by atoms with Gasteiger partial charge in [-0.2, -0.15) is 5.26 Å². The first-order valence-electron chi connectivity index (χ1n) is 9.21. The van der Waals surface area contributed by atoms with Gasteiger partial charge in [-0.1, -0.05) is 47.5 Å². The van der Waals surface area contributed by atoms with Crippen molar-refractivity contribution >= 4 is 34.9 Å². The van der Waals surface area contributed by atoms with E-state index in [4.69, 9.17) is 32.7 Å². The highest BCUT2D eigenvalue weighted by atomic mass is 35.5. The van der Waals surface area contributed by atoms with Gasteiger partial charge in [-0.25, -0.2) is 4.39 Å². The van der Waals surface area contributed by atoms with Crippen molar-refractivity contribution in [1.82, 2.24) is 0 Å². The van der Waals surface area contributed by atoms with Crippen LogP contribution in [-0.2, 0) is 6.61 Å². The summed E-state index contributed by atoms with van der Waals surface area (Å²) in [6, 6.07) is 18.8. The molecule has 0 unspecified atom stereocenters. The van der Waals surface area contributed by atoms with Gasteiger partial charge in [0.1, 0.15) is 12.4 Å². The molecule has 0 heterocycles. The van der Waals surface area contributed by atoms with Gasteiger partial charge in [-0.3, -0.25) is 0 Å². The molecule has 0 saturated heterocycles. The van der Waals surface area contributed by atoms with E-state index in [0.29, 0.717) is 44.9 Å². The molecule has 0 saturated carbocycles. The van der Waals surface area contributed by atoms with E-state index < -0.39 is 0 Å². The van der Waals surface area contributed by atoms with E-state index in [-0.39, 0.29) is 12.4 Å². The number of allylic oxidation sites excluding steroid dienone is 1. The third kappa shape index (κ3) is 5.54. The maximum atomic E-state index is 13.4. The fourth-order valence-corrected chi connectivity index (χ4v) is 3.23. The zero-order valence-corrected chi connectivity index (χ0v) is 17.7. The zero-order valence-electron chi connectivity index (χ0n) is 16.2. The molecule has 6 heteroatoms. The molecule has 0 aliphatic heterocycles. The van der Waals surface area contributed by atoms with Gasteiger partial charge in [0.15, 0.2) is 11.5 Å². The number of hydrogen-bond donors (Lipinski definition) is 0. The SMILES string of the molecule is CCOc1cc(/C=C(\C#N)c2ccc(Cl)cc2)cc(Cl)c1OCc1cccc(F)c1. The fraction of sp³-hybridized carbons (Fsp3) is 0.125. The van der Waals surface area contributed by atoms with Crippen molar-refractivity contribution in [1.29, 1.82) is 5.26 Å². The summed E-state index contributed by atoms with van der Waals surface area (Å²) in [5.74, 6) is 0.477. The molecule has 3 nitrogen and oxygen atoms in total. The van der Waals surface area contributed by atoms with E-state index in [9.17, 15) is 9.65 Å². The maximum Gasteiger partial charge on any atom is 0.180 e. The first-order valence-corrected chi connectivity index (χ1v) is 9.97. The van der Waals surface area contributed by atoms with Crippen molar-refractivity contribution in [3.8, 4) is 17.6 Å². The standard InChI is InChI=1S/C24H18Cl2FNO2/c1-2-29-23-13-17(10-19(14-28)18-6-8-20(25)9-7-18)12-22(26)24(23)30-15-16-4-3-5-21(27)11-16/h3-13H,2,15H2,1H3/b19-10+. The minimum Gasteiger partial charge on any atom is -0.490 e. The monoisotopic (exact) mass is 441 g/mol. The summed E-state index contributed by atoms with van der Waals surface area (Å²) < 4.78 is 24.9. The number of nitriles is 1. The molecule has 0 aliphatic carbocycles.